The Morgan fingerprint density at radius 2 is 2.10 bits per heavy atom. The van der Waals surface area contributed by atoms with Gasteiger partial charge >= 0.3 is 0 Å². The number of halogens is 1. The molecule has 0 aliphatic carbocycles. The van der Waals surface area contributed by atoms with Gasteiger partial charge in [0.05, 0.1) is 0 Å². The van der Waals surface area contributed by atoms with E-state index in [1.807, 2.05) is 12.1 Å². The minimum atomic E-state index is -0.0702. The third-order valence-electron chi connectivity index (χ3n) is 4.99. The molecule has 21 heavy (non-hydrogen) atoms. The third kappa shape index (κ3) is 4.27. The van der Waals surface area contributed by atoms with E-state index in [-0.39, 0.29) is 5.82 Å². The zero-order valence-electron chi connectivity index (χ0n) is 13.6. The first-order valence-electron chi connectivity index (χ1n) is 8.36. The fraction of sp³-hybridized carbons (Fsp3) is 0.667. The molecule has 1 aromatic carbocycles. The molecule has 3 unspecified atom stereocenters. The van der Waals surface area contributed by atoms with Crippen molar-refractivity contribution in [2.75, 3.05) is 19.6 Å². The van der Waals surface area contributed by atoms with Crippen molar-refractivity contribution in [2.45, 2.75) is 52.1 Å². The lowest BCUT2D eigenvalue weighted by Crippen LogP contribution is -2.58. The number of rotatable bonds is 6. The molecule has 1 heterocycles. The van der Waals surface area contributed by atoms with Crippen LogP contribution in [0.4, 0.5) is 4.39 Å². The quantitative estimate of drug-likeness (QED) is 0.863. The number of piperazine rings is 1. The van der Waals surface area contributed by atoms with E-state index in [0.29, 0.717) is 18.0 Å². The lowest BCUT2D eigenvalue weighted by atomic mass is 9.94. The van der Waals surface area contributed by atoms with Crippen molar-refractivity contribution >= 4 is 0 Å². The van der Waals surface area contributed by atoms with Crippen LogP contribution in [0.25, 0.3) is 0 Å². The maximum absolute atomic E-state index is 13.8. The largest absolute Gasteiger partial charge is 0.311 e. The van der Waals surface area contributed by atoms with Gasteiger partial charge in [-0.1, -0.05) is 45.4 Å². The smallest absolute Gasteiger partial charge is 0.126 e. The molecule has 0 saturated carbocycles. The molecule has 1 saturated heterocycles. The summed E-state index contributed by atoms with van der Waals surface area (Å²) >= 11 is 0. The molecule has 2 rings (SSSR count). The summed E-state index contributed by atoms with van der Waals surface area (Å²) in [6.45, 7) is 9.91. The van der Waals surface area contributed by atoms with E-state index in [9.17, 15) is 4.39 Å². The molecular weight excluding hydrogens is 263 g/mol. The van der Waals surface area contributed by atoms with Crippen molar-refractivity contribution in [3.63, 3.8) is 0 Å². The highest BCUT2D eigenvalue weighted by molar-refractivity contribution is 5.17. The Hall–Kier alpha value is -0.930. The fourth-order valence-corrected chi connectivity index (χ4v) is 3.19. The van der Waals surface area contributed by atoms with Crippen LogP contribution < -0.4 is 5.32 Å². The minimum absolute atomic E-state index is 0.0702. The average molecular weight is 292 g/mol. The molecule has 1 aliphatic rings. The molecule has 0 spiro atoms. The summed E-state index contributed by atoms with van der Waals surface area (Å²) in [6.07, 6.45) is 3.16. The summed E-state index contributed by atoms with van der Waals surface area (Å²) in [5, 5.41) is 3.69. The predicted octanol–water partition coefficient (Wildman–Crippen LogP) is 3.47. The Bertz CT molecular complexity index is 435. The van der Waals surface area contributed by atoms with Crippen molar-refractivity contribution in [1.82, 2.24) is 10.2 Å². The second kappa shape index (κ2) is 7.90. The minimum Gasteiger partial charge on any atom is -0.311 e. The average Bonchev–Trinajstić information content (AvgIpc) is 2.53. The Balaban J connectivity index is 1.96. The van der Waals surface area contributed by atoms with Crippen molar-refractivity contribution in [3.05, 3.63) is 35.6 Å². The van der Waals surface area contributed by atoms with Gasteiger partial charge < -0.3 is 5.32 Å². The van der Waals surface area contributed by atoms with Gasteiger partial charge in [0.25, 0.3) is 0 Å². The lowest BCUT2D eigenvalue weighted by molar-refractivity contribution is 0.107. The maximum atomic E-state index is 13.8. The summed E-state index contributed by atoms with van der Waals surface area (Å²) in [5.74, 6) is 0.623. The zero-order chi connectivity index (χ0) is 15.2. The fourth-order valence-electron chi connectivity index (χ4n) is 3.19. The number of hydrogen-bond acceptors (Lipinski definition) is 2. The molecule has 0 radical (unpaired) electrons. The van der Waals surface area contributed by atoms with Crippen LogP contribution in [0.3, 0.4) is 0 Å². The highest BCUT2D eigenvalue weighted by Crippen LogP contribution is 2.18. The Kier molecular flexibility index (Phi) is 6.19. The van der Waals surface area contributed by atoms with Crippen LogP contribution in [-0.4, -0.2) is 36.6 Å². The summed E-state index contributed by atoms with van der Waals surface area (Å²) in [5.41, 5.74) is 0.839. The molecule has 118 valence electrons. The first-order chi connectivity index (χ1) is 10.2. The molecule has 1 fully saturated rings. The SMILES string of the molecule is CCC(C)C1CN(CCc2ccccc2F)C(CC)CN1. The first-order valence-corrected chi connectivity index (χ1v) is 8.36. The zero-order valence-corrected chi connectivity index (χ0v) is 13.6. The van der Waals surface area contributed by atoms with Crippen LogP contribution in [0.1, 0.15) is 39.2 Å². The molecular formula is C18H29FN2. The van der Waals surface area contributed by atoms with Crippen LogP contribution in [0.2, 0.25) is 0 Å². The number of nitrogens with one attached hydrogen (secondary N) is 1. The maximum Gasteiger partial charge on any atom is 0.126 e. The van der Waals surface area contributed by atoms with Crippen molar-refractivity contribution in [3.8, 4) is 0 Å². The van der Waals surface area contributed by atoms with Gasteiger partial charge in [0.1, 0.15) is 5.82 Å². The van der Waals surface area contributed by atoms with E-state index in [0.717, 1.165) is 38.0 Å². The van der Waals surface area contributed by atoms with Crippen molar-refractivity contribution in [2.24, 2.45) is 5.92 Å². The molecule has 1 N–H and O–H groups in total. The van der Waals surface area contributed by atoms with Gasteiger partial charge in [0, 0.05) is 31.7 Å². The van der Waals surface area contributed by atoms with Crippen LogP contribution in [0, 0.1) is 11.7 Å². The van der Waals surface area contributed by atoms with Crippen LogP contribution in [0.15, 0.2) is 24.3 Å². The topological polar surface area (TPSA) is 15.3 Å². The van der Waals surface area contributed by atoms with Gasteiger partial charge in [-0.05, 0) is 30.4 Å². The summed E-state index contributed by atoms with van der Waals surface area (Å²) in [7, 11) is 0. The Morgan fingerprint density at radius 1 is 1.33 bits per heavy atom. The molecule has 2 nitrogen and oxygen atoms in total. The van der Waals surface area contributed by atoms with E-state index in [4.69, 9.17) is 0 Å². The van der Waals surface area contributed by atoms with Gasteiger partial charge in [-0.25, -0.2) is 4.39 Å². The van der Waals surface area contributed by atoms with Gasteiger partial charge in [-0.15, -0.1) is 0 Å². The Morgan fingerprint density at radius 3 is 2.76 bits per heavy atom. The van der Waals surface area contributed by atoms with Crippen LogP contribution >= 0.6 is 0 Å². The molecule has 0 aromatic heterocycles. The summed E-state index contributed by atoms with van der Waals surface area (Å²) < 4.78 is 13.8. The van der Waals surface area contributed by atoms with Gasteiger partial charge in [0.15, 0.2) is 0 Å². The lowest BCUT2D eigenvalue weighted by Gasteiger charge is -2.42. The number of nitrogens with zero attached hydrogens (tertiary/aromatic N) is 1. The van der Waals surface area contributed by atoms with Gasteiger partial charge in [-0.2, -0.15) is 0 Å². The van der Waals surface area contributed by atoms with Gasteiger partial charge in [-0.3, -0.25) is 4.90 Å². The molecule has 0 amide bonds. The van der Waals surface area contributed by atoms with E-state index in [1.54, 1.807) is 12.1 Å². The summed E-state index contributed by atoms with van der Waals surface area (Å²) in [6, 6.07) is 8.31. The van der Waals surface area contributed by atoms with Crippen molar-refractivity contribution < 1.29 is 4.39 Å². The second-order valence-corrected chi connectivity index (χ2v) is 6.30. The molecule has 0 bridgehead atoms. The highest BCUT2D eigenvalue weighted by atomic mass is 19.1. The Labute approximate surface area is 128 Å². The van der Waals surface area contributed by atoms with Crippen molar-refractivity contribution in [1.29, 1.82) is 0 Å². The van der Waals surface area contributed by atoms with E-state index in [2.05, 4.69) is 31.0 Å². The van der Waals surface area contributed by atoms with E-state index < -0.39 is 0 Å². The van der Waals surface area contributed by atoms with E-state index >= 15 is 0 Å². The highest BCUT2D eigenvalue weighted by Gasteiger charge is 2.28. The molecule has 3 heteroatoms. The van der Waals surface area contributed by atoms with Gasteiger partial charge in [0.2, 0.25) is 0 Å². The van der Waals surface area contributed by atoms with Crippen LogP contribution in [-0.2, 0) is 6.42 Å². The molecule has 1 aromatic rings. The molecule has 1 aliphatic heterocycles. The molecule has 3 atom stereocenters. The normalized spacial score (nSPS) is 25.0. The predicted molar refractivity (Wildman–Crippen MR) is 87.0 cm³/mol. The number of benzene rings is 1. The third-order valence-corrected chi connectivity index (χ3v) is 4.99. The van der Waals surface area contributed by atoms with Crippen LogP contribution in [0.5, 0.6) is 0 Å². The first kappa shape index (κ1) is 16.4. The van der Waals surface area contributed by atoms with E-state index in [1.165, 1.54) is 6.42 Å². The summed E-state index contributed by atoms with van der Waals surface area (Å²) in [4.78, 5) is 2.56. The second-order valence-electron chi connectivity index (χ2n) is 6.30. The number of hydrogen-bond donors (Lipinski definition) is 1. The standard InChI is InChI=1S/C18H29FN2/c1-4-14(3)18-13-21(16(5-2)12-20-18)11-10-15-8-6-7-9-17(15)19/h6-9,14,16,18,20H,4-5,10-13H2,1-3H3. The monoisotopic (exact) mass is 292 g/mol.